The number of aryl methyl sites for hydroxylation is 2. The molecule has 0 bridgehead atoms. The molecule has 0 aromatic carbocycles. The van der Waals surface area contributed by atoms with Crippen LogP contribution in [0.15, 0.2) is 24.7 Å². The molecule has 0 fully saturated rings. The van der Waals surface area contributed by atoms with Crippen LogP contribution < -0.4 is 4.74 Å². The van der Waals surface area contributed by atoms with E-state index in [2.05, 4.69) is 10.1 Å². The molecule has 0 N–H and O–H groups in total. The van der Waals surface area contributed by atoms with Gasteiger partial charge in [0.1, 0.15) is 5.75 Å². The van der Waals surface area contributed by atoms with E-state index >= 15 is 0 Å². The van der Waals surface area contributed by atoms with Gasteiger partial charge in [0.05, 0.1) is 19.0 Å². The van der Waals surface area contributed by atoms with E-state index < -0.39 is 0 Å². The molecular weight excluding hydrogens is 190 g/mol. The molecule has 2 rings (SSSR count). The van der Waals surface area contributed by atoms with Crippen molar-refractivity contribution in [3.63, 3.8) is 0 Å². The minimum Gasteiger partial charge on any atom is -0.495 e. The second-order valence-corrected chi connectivity index (χ2v) is 3.41. The molecule has 2 heterocycles. The molecule has 0 saturated carbocycles. The van der Waals surface area contributed by atoms with Crippen molar-refractivity contribution in [3.8, 4) is 16.9 Å². The Bertz CT molecular complexity index is 476. The zero-order valence-corrected chi connectivity index (χ0v) is 9.06. The third-order valence-corrected chi connectivity index (χ3v) is 2.30. The molecule has 0 spiro atoms. The lowest BCUT2D eigenvalue weighted by atomic mass is 10.1. The molecule has 0 amide bonds. The minimum absolute atomic E-state index is 0.802. The summed E-state index contributed by atoms with van der Waals surface area (Å²) in [5.74, 6) is 0.802. The summed E-state index contributed by atoms with van der Waals surface area (Å²) in [5, 5.41) is 4.12. The number of aromatic nitrogens is 3. The van der Waals surface area contributed by atoms with Crippen LogP contribution in [0.25, 0.3) is 11.1 Å². The highest BCUT2D eigenvalue weighted by Gasteiger charge is 2.05. The fourth-order valence-corrected chi connectivity index (χ4v) is 1.45. The van der Waals surface area contributed by atoms with Crippen molar-refractivity contribution >= 4 is 0 Å². The highest BCUT2D eigenvalue weighted by molar-refractivity contribution is 5.62. The van der Waals surface area contributed by atoms with Crippen LogP contribution in [0.5, 0.6) is 5.75 Å². The van der Waals surface area contributed by atoms with E-state index in [1.807, 2.05) is 38.6 Å². The first-order valence-electron chi connectivity index (χ1n) is 4.70. The number of hydrogen-bond acceptors (Lipinski definition) is 3. The summed E-state index contributed by atoms with van der Waals surface area (Å²) >= 11 is 0. The van der Waals surface area contributed by atoms with Gasteiger partial charge in [-0.3, -0.25) is 9.67 Å². The molecule has 0 unspecified atom stereocenters. The van der Waals surface area contributed by atoms with Crippen LogP contribution in [0.1, 0.15) is 5.69 Å². The maximum Gasteiger partial charge on any atom is 0.140 e. The Labute approximate surface area is 88.5 Å². The number of pyridine rings is 1. The van der Waals surface area contributed by atoms with Gasteiger partial charge in [-0.25, -0.2) is 0 Å². The predicted molar refractivity (Wildman–Crippen MR) is 57.7 cm³/mol. The zero-order chi connectivity index (χ0) is 10.8. The maximum absolute atomic E-state index is 5.22. The summed E-state index contributed by atoms with van der Waals surface area (Å²) in [5.41, 5.74) is 2.96. The predicted octanol–water partition coefficient (Wildman–Crippen LogP) is 1.80. The summed E-state index contributed by atoms with van der Waals surface area (Å²) in [6, 6.07) is 1.97. The topological polar surface area (TPSA) is 39.9 Å². The van der Waals surface area contributed by atoms with Gasteiger partial charge in [-0.15, -0.1) is 0 Å². The number of hydrogen-bond donors (Lipinski definition) is 0. The first kappa shape index (κ1) is 9.71. The van der Waals surface area contributed by atoms with Crippen LogP contribution in [-0.4, -0.2) is 21.9 Å². The summed E-state index contributed by atoms with van der Waals surface area (Å²) in [4.78, 5) is 4.27. The van der Waals surface area contributed by atoms with Crippen molar-refractivity contribution in [2.45, 2.75) is 6.92 Å². The van der Waals surface area contributed by atoms with Gasteiger partial charge in [-0.1, -0.05) is 0 Å². The van der Waals surface area contributed by atoms with E-state index in [1.54, 1.807) is 11.8 Å². The van der Waals surface area contributed by atoms with Gasteiger partial charge in [-0.05, 0) is 13.0 Å². The van der Waals surface area contributed by atoms with E-state index in [9.17, 15) is 0 Å². The number of rotatable bonds is 2. The Morgan fingerprint density at radius 1 is 1.27 bits per heavy atom. The summed E-state index contributed by atoms with van der Waals surface area (Å²) in [6.07, 6.45) is 5.59. The maximum atomic E-state index is 5.22. The minimum atomic E-state index is 0.802. The fraction of sp³-hybridized carbons (Fsp3) is 0.273. The van der Waals surface area contributed by atoms with Gasteiger partial charge >= 0.3 is 0 Å². The van der Waals surface area contributed by atoms with Crippen LogP contribution in [0, 0.1) is 6.92 Å². The van der Waals surface area contributed by atoms with Crippen molar-refractivity contribution in [1.82, 2.24) is 14.8 Å². The second kappa shape index (κ2) is 3.73. The normalized spacial score (nSPS) is 10.3. The number of methoxy groups -OCH3 is 1. The van der Waals surface area contributed by atoms with Gasteiger partial charge in [-0.2, -0.15) is 5.10 Å². The summed E-state index contributed by atoms with van der Waals surface area (Å²) < 4.78 is 6.99. The van der Waals surface area contributed by atoms with Crippen molar-refractivity contribution in [2.75, 3.05) is 7.11 Å². The number of ether oxygens (including phenoxy) is 1. The molecule has 0 saturated heterocycles. The Morgan fingerprint density at radius 3 is 2.67 bits per heavy atom. The molecule has 15 heavy (non-hydrogen) atoms. The molecular formula is C11H13N3O. The third kappa shape index (κ3) is 1.83. The van der Waals surface area contributed by atoms with Crippen LogP contribution in [0.3, 0.4) is 0 Å². The van der Waals surface area contributed by atoms with Crippen LogP contribution in [-0.2, 0) is 7.05 Å². The van der Waals surface area contributed by atoms with Gasteiger partial charge < -0.3 is 4.74 Å². The lowest BCUT2D eigenvalue weighted by Crippen LogP contribution is -1.91. The van der Waals surface area contributed by atoms with E-state index in [0.717, 1.165) is 22.6 Å². The van der Waals surface area contributed by atoms with E-state index in [0.29, 0.717) is 0 Å². The first-order chi connectivity index (χ1) is 7.20. The fourth-order valence-electron chi connectivity index (χ4n) is 1.45. The van der Waals surface area contributed by atoms with Gasteiger partial charge in [0.15, 0.2) is 0 Å². The van der Waals surface area contributed by atoms with Crippen LogP contribution in [0.4, 0.5) is 0 Å². The highest BCUT2D eigenvalue weighted by atomic mass is 16.5. The quantitative estimate of drug-likeness (QED) is 0.747. The Kier molecular flexibility index (Phi) is 2.41. The average molecular weight is 203 g/mol. The van der Waals surface area contributed by atoms with Crippen molar-refractivity contribution < 1.29 is 4.74 Å². The lowest BCUT2D eigenvalue weighted by molar-refractivity contribution is 0.409. The van der Waals surface area contributed by atoms with Gasteiger partial charge in [0.2, 0.25) is 0 Å². The van der Waals surface area contributed by atoms with Crippen LogP contribution >= 0.6 is 0 Å². The Balaban J connectivity index is 2.45. The monoisotopic (exact) mass is 203 g/mol. The van der Waals surface area contributed by atoms with Crippen molar-refractivity contribution in [3.05, 3.63) is 30.4 Å². The molecule has 2 aromatic heterocycles. The standard InChI is InChI=1S/C11H13N3O/c1-8-11(15-3)4-9(5-12-8)10-6-13-14(2)7-10/h4-7H,1-3H3. The summed E-state index contributed by atoms with van der Waals surface area (Å²) in [7, 11) is 3.54. The molecule has 0 aliphatic carbocycles. The third-order valence-electron chi connectivity index (χ3n) is 2.30. The highest BCUT2D eigenvalue weighted by Crippen LogP contribution is 2.24. The molecule has 78 valence electrons. The first-order valence-corrected chi connectivity index (χ1v) is 4.70. The molecule has 0 aliphatic heterocycles. The SMILES string of the molecule is COc1cc(-c2cnn(C)c2)cnc1C. The molecule has 0 radical (unpaired) electrons. The van der Waals surface area contributed by atoms with Crippen molar-refractivity contribution in [1.29, 1.82) is 0 Å². The Hall–Kier alpha value is -1.84. The molecule has 0 atom stereocenters. The Morgan fingerprint density at radius 2 is 2.07 bits per heavy atom. The largest absolute Gasteiger partial charge is 0.495 e. The molecule has 4 heteroatoms. The van der Waals surface area contributed by atoms with Gasteiger partial charge in [0.25, 0.3) is 0 Å². The van der Waals surface area contributed by atoms with Gasteiger partial charge in [0, 0.05) is 30.6 Å². The second-order valence-electron chi connectivity index (χ2n) is 3.41. The average Bonchev–Trinajstić information content (AvgIpc) is 2.66. The van der Waals surface area contributed by atoms with E-state index in [4.69, 9.17) is 4.74 Å². The molecule has 0 aliphatic rings. The van der Waals surface area contributed by atoms with Crippen LogP contribution in [0.2, 0.25) is 0 Å². The van der Waals surface area contributed by atoms with Crippen molar-refractivity contribution in [2.24, 2.45) is 7.05 Å². The number of nitrogens with zero attached hydrogens (tertiary/aromatic N) is 3. The zero-order valence-electron chi connectivity index (χ0n) is 9.06. The van der Waals surface area contributed by atoms with E-state index in [-0.39, 0.29) is 0 Å². The lowest BCUT2D eigenvalue weighted by Gasteiger charge is -2.04. The molecule has 2 aromatic rings. The molecule has 4 nitrogen and oxygen atoms in total. The summed E-state index contributed by atoms with van der Waals surface area (Å²) in [6.45, 7) is 1.92. The van der Waals surface area contributed by atoms with E-state index in [1.165, 1.54) is 0 Å². The smallest absolute Gasteiger partial charge is 0.140 e.